The second-order valence-corrected chi connectivity index (χ2v) is 18.2. The number of hydrogen-bond acceptors (Lipinski definition) is 18. The summed E-state index contributed by atoms with van der Waals surface area (Å²) in [6.07, 6.45) is 2.62. The highest BCUT2D eigenvalue weighted by atomic mass is 16.5. The van der Waals surface area contributed by atoms with E-state index in [0.29, 0.717) is 55.7 Å². The lowest BCUT2D eigenvalue weighted by Gasteiger charge is -2.30. The standard InChI is InChI=1S/C48H82N16O13/c1-27(58-45(72)39(35(65)25-52)63-41(68)29(53)11-4-6-18-49)40(67)57-26-38(66)59-31(13-8-20-51)46(73)64-22-10-15-34(64)44(71)62-33(23-28-16-17-36(76-2)37(24-28)77-3)43(70)60-30(12-5-7-19-50)42(69)61-32(47(74)75)14-9-21-56-48(54)55/h14,16-17,24,27,29-31,33-35,39,65H,4-13,15,18-23,25-26,49-53H2,1-3H3,(H,57,67)(H,58,72)(H,59,66)(H,60,70)(H,61,69)(H,62,71)(H,63,68)(H,74,75)(H4,54,55,56)/b32-14-/t27?,29-,30-,31+,33-,34-,35-,39-/m0/s1. The summed E-state index contributed by atoms with van der Waals surface area (Å²) in [5.41, 5.74) is 39.2. The molecule has 0 aromatic heterocycles. The monoisotopic (exact) mass is 1090 g/mol. The number of carboxylic acids is 1. The number of aliphatic carboxylic acids is 1. The first kappa shape index (κ1) is 65.9. The first-order valence-corrected chi connectivity index (χ1v) is 25.5. The summed E-state index contributed by atoms with van der Waals surface area (Å²) in [4.78, 5) is 126. The molecule has 0 aliphatic carbocycles. The number of carboxylic acid groups (broad SMARTS) is 1. The number of carbonyl (C=O) groups is 9. The van der Waals surface area contributed by atoms with E-state index in [9.17, 15) is 53.4 Å². The summed E-state index contributed by atoms with van der Waals surface area (Å²) < 4.78 is 10.8. The third-order valence-corrected chi connectivity index (χ3v) is 12.2. The van der Waals surface area contributed by atoms with Gasteiger partial charge in [-0.15, -0.1) is 0 Å². The number of guanidine groups is 1. The molecule has 1 aliphatic rings. The summed E-state index contributed by atoms with van der Waals surface area (Å²) in [6.45, 7) is 1.11. The number of hydrogen-bond donors (Lipinski definition) is 16. The Balaban J connectivity index is 2.33. The molecule has 0 spiro atoms. The zero-order chi connectivity index (χ0) is 57.6. The number of ether oxygens (including phenoxy) is 2. The van der Waals surface area contributed by atoms with Crippen molar-refractivity contribution in [1.82, 2.24) is 42.1 Å². The lowest BCUT2D eigenvalue weighted by molar-refractivity contribution is -0.142. The van der Waals surface area contributed by atoms with Gasteiger partial charge >= 0.3 is 5.97 Å². The molecule has 432 valence electrons. The molecule has 1 unspecified atom stereocenters. The molecule has 29 heteroatoms. The fraction of sp³-hybridized carbons (Fsp3) is 0.625. The van der Waals surface area contributed by atoms with Crippen molar-refractivity contribution < 1.29 is 62.8 Å². The molecule has 8 amide bonds. The van der Waals surface area contributed by atoms with Gasteiger partial charge in [0.25, 0.3) is 0 Å². The topological polar surface area (TPSA) is 494 Å². The van der Waals surface area contributed by atoms with E-state index in [1.807, 2.05) is 0 Å². The Labute approximate surface area is 447 Å². The van der Waals surface area contributed by atoms with E-state index in [2.05, 4.69) is 42.2 Å². The Morgan fingerprint density at radius 2 is 1.42 bits per heavy atom. The number of aliphatic imine (C=N–C) groups is 1. The van der Waals surface area contributed by atoms with Gasteiger partial charge in [-0.1, -0.05) is 18.6 Å². The number of benzene rings is 1. The molecule has 1 fully saturated rings. The second kappa shape index (κ2) is 35.2. The Bertz CT molecular complexity index is 2200. The summed E-state index contributed by atoms with van der Waals surface area (Å²) in [6, 6.07) is -4.14. The van der Waals surface area contributed by atoms with Crippen molar-refractivity contribution in [3.8, 4) is 11.5 Å². The maximum Gasteiger partial charge on any atom is 0.352 e. The zero-order valence-corrected chi connectivity index (χ0v) is 44.2. The number of likely N-dealkylation sites (tertiary alicyclic amines) is 1. The number of methoxy groups -OCH3 is 2. The number of nitrogens with two attached hydrogens (primary N) is 7. The molecule has 29 nitrogen and oxygen atoms in total. The largest absolute Gasteiger partial charge is 0.493 e. The quantitative estimate of drug-likeness (QED) is 0.0129. The molecule has 0 saturated carbocycles. The molecule has 1 heterocycles. The Hall–Kier alpha value is -7.18. The van der Waals surface area contributed by atoms with Gasteiger partial charge in [-0.2, -0.15) is 0 Å². The predicted molar refractivity (Wildman–Crippen MR) is 283 cm³/mol. The average Bonchev–Trinajstić information content (AvgIpc) is 3.90. The first-order valence-electron chi connectivity index (χ1n) is 25.5. The van der Waals surface area contributed by atoms with E-state index in [1.165, 1.54) is 32.1 Å². The number of unbranched alkanes of at least 4 members (excludes halogenated alkanes) is 2. The fourth-order valence-electron chi connectivity index (χ4n) is 7.96. The third-order valence-electron chi connectivity index (χ3n) is 12.2. The van der Waals surface area contributed by atoms with Crippen molar-refractivity contribution in [2.24, 2.45) is 45.1 Å². The molecule has 2 rings (SSSR count). The summed E-state index contributed by atoms with van der Waals surface area (Å²) in [5.74, 6) is -7.41. The highest BCUT2D eigenvalue weighted by molar-refractivity contribution is 5.99. The van der Waals surface area contributed by atoms with E-state index in [0.717, 1.165) is 0 Å². The fourth-order valence-corrected chi connectivity index (χ4v) is 7.96. The predicted octanol–water partition coefficient (Wildman–Crippen LogP) is -5.81. The van der Waals surface area contributed by atoms with Crippen molar-refractivity contribution in [3.63, 3.8) is 0 Å². The molecule has 23 N–H and O–H groups in total. The van der Waals surface area contributed by atoms with Crippen LogP contribution in [0.15, 0.2) is 35.0 Å². The Kier molecular flexibility index (Phi) is 30.1. The molecule has 0 bridgehead atoms. The van der Waals surface area contributed by atoms with Crippen molar-refractivity contribution in [2.45, 2.75) is 132 Å². The van der Waals surface area contributed by atoms with Gasteiger partial charge in [-0.25, -0.2) is 4.79 Å². The number of carbonyl (C=O) groups excluding carboxylic acids is 8. The maximum atomic E-state index is 14.4. The number of aliphatic hydroxyl groups excluding tert-OH is 1. The van der Waals surface area contributed by atoms with Gasteiger partial charge in [0, 0.05) is 26.1 Å². The van der Waals surface area contributed by atoms with E-state index in [1.54, 1.807) is 18.2 Å². The van der Waals surface area contributed by atoms with E-state index in [-0.39, 0.29) is 77.1 Å². The maximum absolute atomic E-state index is 14.4. The lowest BCUT2D eigenvalue weighted by atomic mass is 10.0. The molecular weight excluding hydrogens is 1010 g/mol. The van der Waals surface area contributed by atoms with Gasteiger partial charge in [-0.3, -0.25) is 43.3 Å². The van der Waals surface area contributed by atoms with Crippen molar-refractivity contribution in [3.05, 3.63) is 35.5 Å². The van der Waals surface area contributed by atoms with Crippen LogP contribution in [0.4, 0.5) is 0 Å². The number of nitrogens with one attached hydrogen (secondary N) is 7. The van der Waals surface area contributed by atoms with Crippen molar-refractivity contribution in [1.29, 1.82) is 0 Å². The van der Waals surface area contributed by atoms with E-state index >= 15 is 0 Å². The van der Waals surface area contributed by atoms with Crippen LogP contribution in [0.25, 0.3) is 0 Å². The van der Waals surface area contributed by atoms with Gasteiger partial charge in [0.15, 0.2) is 17.5 Å². The summed E-state index contributed by atoms with van der Waals surface area (Å²) >= 11 is 0. The molecule has 1 saturated heterocycles. The van der Waals surface area contributed by atoms with Crippen LogP contribution >= 0.6 is 0 Å². The van der Waals surface area contributed by atoms with Crippen molar-refractivity contribution >= 4 is 59.2 Å². The molecule has 0 radical (unpaired) electrons. The molecule has 1 aromatic rings. The molecule has 1 aliphatic heterocycles. The Morgan fingerprint density at radius 1 is 0.766 bits per heavy atom. The van der Waals surface area contributed by atoms with Gasteiger partial charge in [0.1, 0.15) is 41.9 Å². The highest BCUT2D eigenvalue weighted by Gasteiger charge is 2.40. The zero-order valence-electron chi connectivity index (χ0n) is 44.2. The van der Waals surface area contributed by atoms with Gasteiger partial charge < -0.3 is 102 Å². The van der Waals surface area contributed by atoms with Crippen LogP contribution in [-0.4, -0.2) is 183 Å². The minimum atomic E-state index is -1.57. The lowest BCUT2D eigenvalue weighted by Crippen LogP contribution is -2.60. The van der Waals surface area contributed by atoms with Crippen LogP contribution in [-0.2, 0) is 49.6 Å². The van der Waals surface area contributed by atoms with Gasteiger partial charge in [0.2, 0.25) is 47.3 Å². The molecule has 1 aromatic carbocycles. The van der Waals surface area contributed by atoms with E-state index < -0.39 is 120 Å². The first-order chi connectivity index (χ1) is 36.7. The minimum Gasteiger partial charge on any atom is -0.493 e. The smallest absolute Gasteiger partial charge is 0.352 e. The van der Waals surface area contributed by atoms with Crippen LogP contribution in [0.5, 0.6) is 11.5 Å². The minimum absolute atomic E-state index is 0.0288. The number of rotatable bonds is 36. The number of nitrogens with zero attached hydrogens (tertiary/aromatic N) is 2. The second-order valence-electron chi connectivity index (χ2n) is 18.2. The highest BCUT2D eigenvalue weighted by Crippen LogP contribution is 2.28. The molecular formula is C48H82N16O13. The van der Waals surface area contributed by atoms with Crippen LogP contribution in [0.3, 0.4) is 0 Å². The van der Waals surface area contributed by atoms with E-state index in [4.69, 9.17) is 49.6 Å². The van der Waals surface area contributed by atoms with Gasteiger partial charge in [0.05, 0.1) is 32.9 Å². The van der Waals surface area contributed by atoms with Crippen LogP contribution in [0, 0.1) is 0 Å². The summed E-state index contributed by atoms with van der Waals surface area (Å²) in [7, 11) is 2.85. The number of amides is 8. The van der Waals surface area contributed by atoms with Crippen LogP contribution in [0.2, 0.25) is 0 Å². The number of aliphatic hydroxyl groups is 1. The third kappa shape index (κ3) is 22.9. The van der Waals surface area contributed by atoms with Crippen LogP contribution < -0.4 is 86.8 Å². The SMILES string of the molecule is COc1ccc(C[C@H](NC(=O)[C@@H]2CCCN2C(=O)[C@@H](CCCN)NC(=O)CNC(=O)C(C)NC(=O)[C@@H](NC(=O)[C@@H](N)CCCCN)[C@@H](O)CN)C(=O)N[C@@H](CCCCN)C(=O)N/C(=C\CCN=C(N)N)C(=O)O)cc1OC. The Morgan fingerprint density at radius 3 is 2.03 bits per heavy atom. The summed E-state index contributed by atoms with van der Waals surface area (Å²) in [5, 5.41) is 37.8. The molecule has 8 atom stereocenters. The van der Waals surface area contributed by atoms with Gasteiger partial charge in [-0.05, 0) is 108 Å². The normalized spacial score (nSPS) is 15.9. The van der Waals surface area contributed by atoms with Crippen LogP contribution in [0.1, 0.15) is 83.1 Å². The average molecular weight is 1090 g/mol. The van der Waals surface area contributed by atoms with Crippen molar-refractivity contribution in [2.75, 3.05) is 60.0 Å². The molecule has 77 heavy (non-hydrogen) atoms.